The maximum Gasteiger partial charge on any atom is 0.253 e. The molecule has 2 fully saturated rings. The number of hydrogen-bond donors (Lipinski definition) is 1. The monoisotopic (exact) mass is 337 g/mol. The minimum Gasteiger partial charge on any atom is -0.337 e. The van der Waals surface area contributed by atoms with E-state index in [1.165, 1.54) is 0 Å². The smallest absolute Gasteiger partial charge is 0.253 e. The van der Waals surface area contributed by atoms with Gasteiger partial charge in [0.15, 0.2) is 0 Å². The van der Waals surface area contributed by atoms with Crippen molar-refractivity contribution in [1.29, 1.82) is 0 Å². The standard InChI is InChI=1S/C17H23N3O2.ClH/c1-18-14-6-3-9-19(12-14)17(22)13-5-2-7-15(11-13)20-10-4-8-16(20)21;/h2,5,7,11,14,18H,3-4,6,8-10,12H2,1H3;1H. The molecule has 2 amide bonds. The van der Waals surface area contributed by atoms with Crippen LogP contribution in [0.4, 0.5) is 5.69 Å². The van der Waals surface area contributed by atoms with Gasteiger partial charge in [-0.3, -0.25) is 9.59 Å². The molecule has 0 spiro atoms. The minimum absolute atomic E-state index is 0. The topological polar surface area (TPSA) is 52.7 Å². The molecule has 0 radical (unpaired) electrons. The van der Waals surface area contributed by atoms with E-state index in [4.69, 9.17) is 0 Å². The van der Waals surface area contributed by atoms with Crippen LogP contribution in [0.2, 0.25) is 0 Å². The second-order valence-corrected chi connectivity index (χ2v) is 6.08. The molecule has 2 aliphatic heterocycles. The maximum atomic E-state index is 12.7. The summed E-state index contributed by atoms with van der Waals surface area (Å²) in [7, 11) is 1.94. The first-order chi connectivity index (χ1) is 10.7. The number of piperidine rings is 1. The lowest BCUT2D eigenvalue weighted by atomic mass is 10.0. The molecule has 2 aliphatic rings. The molecule has 23 heavy (non-hydrogen) atoms. The van der Waals surface area contributed by atoms with Crippen LogP contribution in [0.25, 0.3) is 0 Å². The summed E-state index contributed by atoms with van der Waals surface area (Å²) < 4.78 is 0. The van der Waals surface area contributed by atoms with E-state index < -0.39 is 0 Å². The van der Waals surface area contributed by atoms with Gasteiger partial charge in [-0.05, 0) is 44.5 Å². The van der Waals surface area contributed by atoms with E-state index in [-0.39, 0.29) is 24.2 Å². The van der Waals surface area contributed by atoms with Gasteiger partial charge >= 0.3 is 0 Å². The quantitative estimate of drug-likeness (QED) is 0.918. The highest BCUT2D eigenvalue weighted by molar-refractivity contribution is 5.99. The van der Waals surface area contributed by atoms with Crippen LogP contribution < -0.4 is 10.2 Å². The molecule has 5 nitrogen and oxygen atoms in total. The van der Waals surface area contributed by atoms with Crippen molar-refractivity contribution in [1.82, 2.24) is 10.2 Å². The SMILES string of the molecule is CNC1CCCN(C(=O)c2cccc(N3CCCC3=O)c2)C1.Cl. The minimum atomic E-state index is 0. The van der Waals surface area contributed by atoms with Crippen molar-refractivity contribution in [2.45, 2.75) is 31.7 Å². The van der Waals surface area contributed by atoms with Crippen molar-refractivity contribution in [3.63, 3.8) is 0 Å². The predicted octanol–water partition coefficient (Wildman–Crippen LogP) is 2.06. The van der Waals surface area contributed by atoms with Crippen molar-refractivity contribution >= 4 is 29.9 Å². The van der Waals surface area contributed by atoms with Gasteiger partial charge in [0.1, 0.15) is 0 Å². The van der Waals surface area contributed by atoms with E-state index in [1.807, 2.05) is 36.2 Å². The van der Waals surface area contributed by atoms with Crippen LogP contribution in [0, 0.1) is 0 Å². The Labute approximate surface area is 143 Å². The van der Waals surface area contributed by atoms with Crippen molar-refractivity contribution in [3.8, 4) is 0 Å². The molecule has 3 rings (SSSR count). The van der Waals surface area contributed by atoms with Crippen LogP contribution in [0.3, 0.4) is 0 Å². The summed E-state index contributed by atoms with van der Waals surface area (Å²) >= 11 is 0. The van der Waals surface area contributed by atoms with E-state index in [9.17, 15) is 9.59 Å². The zero-order valence-electron chi connectivity index (χ0n) is 13.5. The van der Waals surface area contributed by atoms with Gasteiger partial charge in [-0.1, -0.05) is 6.07 Å². The number of anilines is 1. The van der Waals surface area contributed by atoms with E-state index in [1.54, 1.807) is 4.90 Å². The first-order valence-electron chi connectivity index (χ1n) is 8.06. The van der Waals surface area contributed by atoms with Gasteiger partial charge in [0.25, 0.3) is 5.91 Å². The molecule has 0 aromatic heterocycles. The summed E-state index contributed by atoms with van der Waals surface area (Å²) in [5, 5.41) is 3.26. The van der Waals surface area contributed by atoms with Gasteiger partial charge in [0, 0.05) is 43.3 Å². The van der Waals surface area contributed by atoms with E-state index in [0.29, 0.717) is 18.0 Å². The van der Waals surface area contributed by atoms with Gasteiger partial charge in [-0.2, -0.15) is 0 Å². The molecular formula is C17H24ClN3O2. The fourth-order valence-electron chi connectivity index (χ4n) is 3.31. The average molecular weight is 338 g/mol. The number of hydrogen-bond acceptors (Lipinski definition) is 3. The molecule has 1 N–H and O–H groups in total. The average Bonchev–Trinajstić information content (AvgIpc) is 3.00. The molecule has 1 aromatic rings. The number of rotatable bonds is 3. The fourth-order valence-corrected chi connectivity index (χ4v) is 3.31. The Bertz CT molecular complexity index is 579. The molecular weight excluding hydrogens is 314 g/mol. The van der Waals surface area contributed by atoms with Gasteiger partial charge in [0.05, 0.1) is 0 Å². The van der Waals surface area contributed by atoms with Crippen LogP contribution in [0.1, 0.15) is 36.0 Å². The Morgan fingerprint density at radius 3 is 2.78 bits per heavy atom. The van der Waals surface area contributed by atoms with Crippen LogP contribution in [0.15, 0.2) is 24.3 Å². The molecule has 1 aromatic carbocycles. The third-order valence-corrected chi connectivity index (χ3v) is 4.60. The van der Waals surface area contributed by atoms with Crippen molar-refractivity contribution in [3.05, 3.63) is 29.8 Å². The van der Waals surface area contributed by atoms with Crippen molar-refractivity contribution in [2.75, 3.05) is 31.6 Å². The van der Waals surface area contributed by atoms with Crippen LogP contribution >= 0.6 is 12.4 Å². The largest absolute Gasteiger partial charge is 0.337 e. The summed E-state index contributed by atoms with van der Waals surface area (Å²) in [5.74, 6) is 0.214. The summed E-state index contributed by atoms with van der Waals surface area (Å²) in [4.78, 5) is 28.3. The van der Waals surface area contributed by atoms with E-state index >= 15 is 0 Å². The highest BCUT2D eigenvalue weighted by Gasteiger charge is 2.25. The molecule has 126 valence electrons. The van der Waals surface area contributed by atoms with E-state index in [0.717, 1.165) is 44.6 Å². The molecule has 0 aliphatic carbocycles. The molecule has 6 heteroatoms. The van der Waals surface area contributed by atoms with Gasteiger partial charge in [0.2, 0.25) is 5.91 Å². The number of nitrogens with zero attached hydrogens (tertiary/aromatic N) is 2. The highest BCUT2D eigenvalue weighted by atomic mass is 35.5. The summed E-state index contributed by atoms with van der Waals surface area (Å²) in [6.07, 6.45) is 3.64. The first-order valence-corrected chi connectivity index (χ1v) is 8.06. The van der Waals surface area contributed by atoms with Crippen molar-refractivity contribution < 1.29 is 9.59 Å². The zero-order valence-corrected chi connectivity index (χ0v) is 14.3. The molecule has 1 atom stereocenters. The summed E-state index contributed by atoms with van der Waals surface area (Å²) in [5.41, 5.74) is 1.52. The molecule has 2 saturated heterocycles. The Kier molecular flexibility index (Phi) is 6.02. The number of halogens is 1. The van der Waals surface area contributed by atoms with Crippen LogP contribution in [0.5, 0.6) is 0 Å². The van der Waals surface area contributed by atoms with E-state index in [2.05, 4.69) is 5.32 Å². The number of benzene rings is 1. The summed E-state index contributed by atoms with van der Waals surface area (Å²) in [6, 6.07) is 7.85. The van der Waals surface area contributed by atoms with Gasteiger partial charge in [-0.25, -0.2) is 0 Å². The second kappa shape index (κ2) is 7.79. The maximum absolute atomic E-state index is 12.7. The fraction of sp³-hybridized carbons (Fsp3) is 0.529. The van der Waals surface area contributed by atoms with Crippen LogP contribution in [-0.4, -0.2) is 49.4 Å². The summed E-state index contributed by atoms with van der Waals surface area (Å²) in [6.45, 7) is 2.31. The Hall–Kier alpha value is -1.59. The molecule has 0 bridgehead atoms. The molecule has 1 unspecified atom stereocenters. The lowest BCUT2D eigenvalue weighted by Crippen LogP contribution is -2.47. The number of amides is 2. The lowest BCUT2D eigenvalue weighted by Gasteiger charge is -2.32. The van der Waals surface area contributed by atoms with Crippen molar-refractivity contribution in [2.24, 2.45) is 0 Å². The first kappa shape index (κ1) is 17.8. The molecule has 0 saturated carbocycles. The number of nitrogens with one attached hydrogen (secondary N) is 1. The Morgan fingerprint density at radius 1 is 1.26 bits per heavy atom. The number of carbonyl (C=O) groups excluding carboxylic acids is 2. The van der Waals surface area contributed by atoms with Gasteiger partial charge in [-0.15, -0.1) is 12.4 Å². The number of likely N-dealkylation sites (N-methyl/N-ethyl adjacent to an activating group) is 1. The van der Waals surface area contributed by atoms with Gasteiger partial charge < -0.3 is 15.1 Å². The lowest BCUT2D eigenvalue weighted by molar-refractivity contribution is -0.117. The third-order valence-electron chi connectivity index (χ3n) is 4.60. The second-order valence-electron chi connectivity index (χ2n) is 6.08. The van der Waals surface area contributed by atoms with Crippen LogP contribution in [-0.2, 0) is 4.79 Å². The number of carbonyl (C=O) groups is 2. The normalized spacial score (nSPS) is 21.3. The Morgan fingerprint density at radius 2 is 2.09 bits per heavy atom. The molecule has 2 heterocycles. The number of likely N-dealkylation sites (tertiary alicyclic amines) is 1. The zero-order chi connectivity index (χ0) is 15.5. The Balaban J connectivity index is 0.00000192. The highest BCUT2D eigenvalue weighted by Crippen LogP contribution is 2.23. The third kappa shape index (κ3) is 3.85. The predicted molar refractivity (Wildman–Crippen MR) is 93.3 cm³/mol.